The van der Waals surface area contributed by atoms with Crippen molar-refractivity contribution in [1.82, 2.24) is 0 Å². The van der Waals surface area contributed by atoms with Crippen LogP contribution in [0.5, 0.6) is 0 Å². The lowest BCUT2D eigenvalue weighted by Gasteiger charge is -2.24. The van der Waals surface area contributed by atoms with Crippen LogP contribution in [0, 0.1) is 5.92 Å². The second-order valence-electron chi connectivity index (χ2n) is 4.88. The number of hydrogen-bond acceptors (Lipinski definition) is 2. The first-order valence-electron chi connectivity index (χ1n) is 5.42. The predicted molar refractivity (Wildman–Crippen MR) is 55.6 cm³/mol. The molecule has 78 valence electrons. The average molecular weight is 185 g/mol. The zero-order chi connectivity index (χ0) is 9.90. The van der Waals surface area contributed by atoms with Crippen LogP contribution in [0.1, 0.15) is 46.5 Å². The molecule has 0 aromatic rings. The zero-order valence-electron chi connectivity index (χ0n) is 9.18. The summed E-state index contributed by atoms with van der Waals surface area (Å²) in [7, 11) is 0. The lowest BCUT2D eigenvalue weighted by Crippen LogP contribution is -2.38. The van der Waals surface area contributed by atoms with Gasteiger partial charge in [-0.1, -0.05) is 6.92 Å². The highest BCUT2D eigenvalue weighted by molar-refractivity contribution is 4.91. The lowest BCUT2D eigenvalue weighted by atomic mass is 9.94. The van der Waals surface area contributed by atoms with Gasteiger partial charge in [0, 0.05) is 12.1 Å². The van der Waals surface area contributed by atoms with Crippen molar-refractivity contribution in [2.24, 2.45) is 11.7 Å². The van der Waals surface area contributed by atoms with Gasteiger partial charge in [0.1, 0.15) is 0 Å². The first-order valence-corrected chi connectivity index (χ1v) is 5.42. The van der Waals surface area contributed by atoms with Crippen molar-refractivity contribution in [3.63, 3.8) is 0 Å². The van der Waals surface area contributed by atoms with Gasteiger partial charge in [-0.15, -0.1) is 0 Å². The molecule has 0 aromatic carbocycles. The molecule has 0 bridgehead atoms. The van der Waals surface area contributed by atoms with Gasteiger partial charge in [0.15, 0.2) is 0 Å². The van der Waals surface area contributed by atoms with Crippen molar-refractivity contribution >= 4 is 0 Å². The Morgan fingerprint density at radius 1 is 1.54 bits per heavy atom. The van der Waals surface area contributed by atoms with Crippen LogP contribution < -0.4 is 5.73 Å². The SMILES string of the molecule is CC1CCC(N)(CCOC(C)C)C1. The number of rotatable bonds is 4. The maximum atomic E-state index is 6.26. The molecule has 1 fully saturated rings. The van der Waals surface area contributed by atoms with Gasteiger partial charge in [0.05, 0.1) is 6.10 Å². The fourth-order valence-corrected chi connectivity index (χ4v) is 2.16. The van der Waals surface area contributed by atoms with E-state index in [1.54, 1.807) is 0 Å². The molecule has 2 atom stereocenters. The van der Waals surface area contributed by atoms with Crippen molar-refractivity contribution in [3.05, 3.63) is 0 Å². The molecule has 13 heavy (non-hydrogen) atoms. The lowest BCUT2D eigenvalue weighted by molar-refractivity contribution is 0.0648. The normalized spacial score (nSPS) is 34.4. The number of hydrogen-bond donors (Lipinski definition) is 1. The van der Waals surface area contributed by atoms with Gasteiger partial charge < -0.3 is 10.5 Å². The molecular weight excluding hydrogens is 162 g/mol. The van der Waals surface area contributed by atoms with E-state index < -0.39 is 0 Å². The maximum absolute atomic E-state index is 6.26. The molecule has 0 aliphatic heterocycles. The maximum Gasteiger partial charge on any atom is 0.0518 e. The molecule has 0 spiro atoms. The number of nitrogens with two attached hydrogens (primary N) is 1. The van der Waals surface area contributed by atoms with E-state index in [-0.39, 0.29) is 5.54 Å². The van der Waals surface area contributed by atoms with E-state index in [1.807, 2.05) is 0 Å². The van der Waals surface area contributed by atoms with Gasteiger partial charge in [-0.05, 0) is 45.4 Å². The third kappa shape index (κ3) is 3.65. The summed E-state index contributed by atoms with van der Waals surface area (Å²) in [6.45, 7) is 7.25. The Bertz CT molecular complexity index is 158. The van der Waals surface area contributed by atoms with E-state index in [0.29, 0.717) is 6.10 Å². The number of ether oxygens (including phenoxy) is 1. The summed E-state index contributed by atoms with van der Waals surface area (Å²) in [5, 5.41) is 0. The monoisotopic (exact) mass is 185 g/mol. The molecule has 2 N–H and O–H groups in total. The van der Waals surface area contributed by atoms with E-state index in [0.717, 1.165) is 18.9 Å². The van der Waals surface area contributed by atoms with Gasteiger partial charge in [0.25, 0.3) is 0 Å². The molecule has 2 unspecified atom stereocenters. The minimum Gasteiger partial charge on any atom is -0.379 e. The predicted octanol–water partition coefficient (Wildman–Crippen LogP) is 2.32. The van der Waals surface area contributed by atoms with Crippen LogP contribution >= 0.6 is 0 Å². The Morgan fingerprint density at radius 2 is 2.23 bits per heavy atom. The Kier molecular flexibility index (Phi) is 3.74. The summed E-state index contributed by atoms with van der Waals surface area (Å²) in [6.07, 6.45) is 5.00. The Hall–Kier alpha value is -0.0800. The molecule has 0 amide bonds. The van der Waals surface area contributed by atoms with Crippen LogP contribution in [0.2, 0.25) is 0 Å². The molecule has 1 rings (SSSR count). The minimum absolute atomic E-state index is 0.0777. The summed E-state index contributed by atoms with van der Waals surface area (Å²) in [6, 6.07) is 0. The van der Waals surface area contributed by atoms with E-state index in [4.69, 9.17) is 10.5 Å². The Balaban J connectivity index is 2.20. The molecule has 1 aliphatic rings. The molecule has 1 aliphatic carbocycles. The zero-order valence-corrected chi connectivity index (χ0v) is 9.18. The third-order valence-electron chi connectivity index (χ3n) is 2.94. The fourth-order valence-electron chi connectivity index (χ4n) is 2.16. The summed E-state index contributed by atoms with van der Waals surface area (Å²) in [4.78, 5) is 0. The minimum atomic E-state index is 0.0777. The summed E-state index contributed by atoms with van der Waals surface area (Å²) < 4.78 is 5.52. The van der Waals surface area contributed by atoms with Crippen molar-refractivity contribution in [2.45, 2.75) is 58.1 Å². The van der Waals surface area contributed by atoms with Crippen molar-refractivity contribution < 1.29 is 4.74 Å². The Labute approximate surface area is 81.8 Å². The van der Waals surface area contributed by atoms with E-state index in [2.05, 4.69) is 20.8 Å². The van der Waals surface area contributed by atoms with Crippen molar-refractivity contribution in [2.75, 3.05) is 6.61 Å². The first kappa shape index (κ1) is 11.0. The van der Waals surface area contributed by atoms with Crippen molar-refractivity contribution in [3.8, 4) is 0 Å². The molecule has 0 saturated heterocycles. The van der Waals surface area contributed by atoms with Crippen LogP contribution in [0.4, 0.5) is 0 Å². The van der Waals surface area contributed by atoms with E-state index in [9.17, 15) is 0 Å². The highest BCUT2D eigenvalue weighted by Crippen LogP contribution is 2.34. The molecule has 0 aromatic heterocycles. The van der Waals surface area contributed by atoms with Gasteiger partial charge in [-0.3, -0.25) is 0 Å². The van der Waals surface area contributed by atoms with Crippen molar-refractivity contribution in [1.29, 1.82) is 0 Å². The quantitative estimate of drug-likeness (QED) is 0.729. The molecule has 2 nitrogen and oxygen atoms in total. The fraction of sp³-hybridized carbons (Fsp3) is 1.00. The smallest absolute Gasteiger partial charge is 0.0518 e. The molecule has 1 saturated carbocycles. The molecule has 0 radical (unpaired) electrons. The molecule has 2 heteroatoms. The van der Waals surface area contributed by atoms with Crippen LogP contribution in [-0.4, -0.2) is 18.2 Å². The summed E-state index contributed by atoms with van der Waals surface area (Å²) in [5.74, 6) is 0.809. The van der Waals surface area contributed by atoms with Gasteiger partial charge in [-0.2, -0.15) is 0 Å². The van der Waals surface area contributed by atoms with E-state index in [1.165, 1.54) is 19.3 Å². The van der Waals surface area contributed by atoms with Crippen LogP contribution in [0.25, 0.3) is 0 Å². The Morgan fingerprint density at radius 3 is 2.69 bits per heavy atom. The first-order chi connectivity index (χ1) is 6.02. The van der Waals surface area contributed by atoms with Gasteiger partial charge >= 0.3 is 0 Å². The summed E-state index contributed by atoms with van der Waals surface area (Å²) >= 11 is 0. The topological polar surface area (TPSA) is 35.2 Å². The highest BCUT2D eigenvalue weighted by atomic mass is 16.5. The second kappa shape index (κ2) is 4.43. The molecular formula is C11H23NO. The largest absolute Gasteiger partial charge is 0.379 e. The highest BCUT2D eigenvalue weighted by Gasteiger charge is 2.32. The van der Waals surface area contributed by atoms with Gasteiger partial charge in [0.2, 0.25) is 0 Å². The molecule has 0 heterocycles. The van der Waals surface area contributed by atoms with Crippen LogP contribution in [0.15, 0.2) is 0 Å². The second-order valence-corrected chi connectivity index (χ2v) is 4.88. The van der Waals surface area contributed by atoms with Gasteiger partial charge in [-0.25, -0.2) is 0 Å². The van der Waals surface area contributed by atoms with Crippen LogP contribution in [0.3, 0.4) is 0 Å². The standard InChI is InChI=1S/C11H23NO/c1-9(2)13-7-6-11(12)5-4-10(3)8-11/h9-10H,4-8,12H2,1-3H3. The third-order valence-corrected chi connectivity index (χ3v) is 2.94. The van der Waals surface area contributed by atoms with E-state index >= 15 is 0 Å². The average Bonchev–Trinajstić information content (AvgIpc) is 2.30. The van der Waals surface area contributed by atoms with Crippen LogP contribution in [-0.2, 0) is 4.74 Å². The summed E-state index contributed by atoms with van der Waals surface area (Å²) in [5.41, 5.74) is 6.33.